The average Bonchev–Trinajstić information content (AvgIpc) is 2.18. The zero-order valence-electron chi connectivity index (χ0n) is 8.77. The van der Waals surface area contributed by atoms with Gasteiger partial charge in [0.05, 0.1) is 6.10 Å². The van der Waals surface area contributed by atoms with Crippen molar-refractivity contribution in [2.45, 2.75) is 13.0 Å². The van der Waals surface area contributed by atoms with Crippen LogP contribution >= 0.6 is 0 Å². The van der Waals surface area contributed by atoms with Crippen molar-refractivity contribution >= 4 is 5.69 Å². The molecular weight excluding hydrogens is 176 g/mol. The van der Waals surface area contributed by atoms with Crippen molar-refractivity contribution in [3.05, 3.63) is 29.8 Å². The zero-order chi connectivity index (χ0) is 10.6. The monoisotopic (exact) mass is 194 g/mol. The third-order valence-electron chi connectivity index (χ3n) is 2.28. The van der Waals surface area contributed by atoms with Crippen LogP contribution in [0.4, 0.5) is 5.69 Å². The van der Waals surface area contributed by atoms with Crippen molar-refractivity contribution in [2.24, 2.45) is 5.73 Å². The Hall–Kier alpha value is -1.06. The molecule has 1 rings (SSSR count). The number of para-hydroxylation sites is 1. The topological polar surface area (TPSA) is 49.5 Å². The fourth-order valence-electron chi connectivity index (χ4n) is 1.48. The van der Waals surface area contributed by atoms with Crippen LogP contribution in [0, 0.1) is 6.92 Å². The molecule has 14 heavy (non-hydrogen) atoms. The Bertz CT molecular complexity index is 288. The van der Waals surface area contributed by atoms with Crippen molar-refractivity contribution in [2.75, 3.05) is 25.0 Å². The molecule has 0 aliphatic carbocycles. The van der Waals surface area contributed by atoms with E-state index in [9.17, 15) is 5.11 Å². The van der Waals surface area contributed by atoms with Crippen molar-refractivity contribution in [3.63, 3.8) is 0 Å². The zero-order valence-corrected chi connectivity index (χ0v) is 8.77. The number of nitrogens with two attached hydrogens (primary N) is 1. The van der Waals surface area contributed by atoms with E-state index in [1.807, 2.05) is 30.1 Å². The van der Waals surface area contributed by atoms with Crippen molar-refractivity contribution < 1.29 is 5.11 Å². The molecule has 1 aromatic carbocycles. The summed E-state index contributed by atoms with van der Waals surface area (Å²) in [6, 6.07) is 8.10. The van der Waals surface area contributed by atoms with Crippen molar-refractivity contribution in [1.82, 2.24) is 0 Å². The number of hydrogen-bond donors (Lipinski definition) is 2. The first kappa shape index (κ1) is 11.0. The Balaban J connectivity index is 2.69. The van der Waals surface area contributed by atoms with E-state index < -0.39 is 6.10 Å². The molecule has 0 saturated heterocycles. The maximum absolute atomic E-state index is 9.41. The van der Waals surface area contributed by atoms with Crippen LogP contribution in [-0.2, 0) is 0 Å². The Morgan fingerprint density at radius 1 is 1.43 bits per heavy atom. The standard InChI is InChI=1S/C11H18N2O/c1-9-5-3-4-6-11(9)13(2)8-10(14)7-12/h3-6,10,14H,7-8,12H2,1-2H3. The van der Waals surface area contributed by atoms with Gasteiger partial charge in [0, 0.05) is 25.8 Å². The summed E-state index contributed by atoms with van der Waals surface area (Å²) in [7, 11) is 1.96. The highest BCUT2D eigenvalue weighted by molar-refractivity contribution is 5.52. The van der Waals surface area contributed by atoms with Crippen LogP contribution in [0.5, 0.6) is 0 Å². The quantitative estimate of drug-likeness (QED) is 0.743. The van der Waals surface area contributed by atoms with E-state index in [0.29, 0.717) is 13.1 Å². The first-order chi connectivity index (χ1) is 6.65. The summed E-state index contributed by atoms with van der Waals surface area (Å²) in [5.74, 6) is 0. The molecule has 3 nitrogen and oxygen atoms in total. The highest BCUT2D eigenvalue weighted by atomic mass is 16.3. The Morgan fingerprint density at radius 2 is 2.07 bits per heavy atom. The number of anilines is 1. The smallest absolute Gasteiger partial charge is 0.0836 e. The van der Waals surface area contributed by atoms with E-state index in [1.165, 1.54) is 5.56 Å². The van der Waals surface area contributed by atoms with E-state index >= 15 is 0 Å². The molecule has 0 heterocycles. The number of aliphatic hydroxyl groups is 1. The van der Waals surface area contributed by atoms with Gasteiger partial charge in [-0.05, 0) is 18.6 Å². The van der Waals surface area contributed by atoms with E-state index in [2.05, 4.69) is 13.0 Å². The van der Waals surface area contributed by atoms with Gasteiger partial charge in [0.1, 0.15) is 0 Å². The highest BCUT2D eigenvalue weighted by Crippen LogP contribution is 2.17. The second-order valence-electron chi connectivity index (χ2n) is 3.56. The number of likely N-dealkylation sites (N-methyl/N-ethyl adjacent to an activating group) is 1. The first-order valence-corrected chi connectivity index (χ1v) is 4.80. The first-order valence-electron chi connectivity index (χ1n) is 4.80. The van der Waals surface area contributed by atoms with Crippen LogP contribution in [0.2, 0.25) is 0 Å². The van der Waals surface area contributed by atoms with Gasteiger partial charge in [-0.2, -0.15) is 0 Å². The minimum absolute atomic E-state index is 0.302. The minimum atomic E-state index is -0.459. The third-order valence-corrected chi connectivity index (χ3v) is 2.28. The fraction of sp³-hybridized carbons (Fsp3) is 0.455. The summed E-state index contributed by atoms with van der Waals surface area (Å²) in [6.07, 6.45) is -0.459. The molecular formula is C11H18N2O. The van der Waals surface area contributed by atoms with Crippen LogP contribution < -0.4 is 10.6 Å². The molecule has 0 aliphatic rings. The van der Waals surface area contributed by atoms with Crippen LogP contribution in [0.3, 0.4) is 0 Å². The van der Waals surface area contributed by atoms with Crippen LogP contribution in [0.15, 0.2) is 24.3 Å². The Labute approximate surface area is 85.2 Å². The summed E-state index contributed by atoms with van der Waals surface area (Å²) in [6.45, 7) is 2.93. The number of aliphatic hydroxyl groups excluding tert-OH is 1. The number of benzene rings is 1. The van der Waals surface area contributed by atoms with Gasteiger partial charge in [0.2, 0.25) is 0 Å². The number of aryl methyl sites for hydroxylation is 1. The van der Waals surface area contributed by atoms with E-state index in [1.54, 1.807) is 0 Å². The lowest BCUT2D eigenvalue weighted by Gasteiger charge is -2.23. The van der Waals surface area contributed by atoms with Gasteiger partial charge in [0.25, 0.3) is 0 Å². The predicted octanol–water partition coefficient (Wildman–Crippen LogP) is 0.751. The summed E-state index contributed by atoms with van der Waals surface area (Å²) in [5.41, 5.74) is 7.71. The lowest BCUT2D eigenvalue weighted by Crippen LogP contribution is -2.34. The summed E-state index contributed by atoms with van der Waals surface area (Å²) < 4.78 is 0. The van der Waals surface area contributed by atoms with Crippen LogP contribution in [-0.4, -0.2) is 31.3 Å². The van der Waals surface area contributed by atoms with E-state index in [4.69, 9.17) is 5.73 Å². The van der Waals surface area contributed by atoms with Gasteiger partial charge >= 0.3 is 0 Å². The molecule has 3 N–H and O–H groups in total. The van der Waals surface area contributed by atoms with E-state index in [-0.39, 0.29) is 0 Å². The van der Waals surface area contributed by atoms with Gasteiger partial charge in [0.15, 0.2) is 0 Å². The SMILES string of the molecule is Cc1ccccc1N(C)CC(O)CN. The summed E-state index contributed by atoms with van der Waals surface area (Å²) >= 11 is 0. The maximum Gasteiger partial charge on any atom is 0.0836 e. The molecule has 1 unspecified atom stereocenters. The molecule has 0 aliphatic heterocycles. The molecule has 0 radical (unpaired) electrons. The van der Waals surface area contributed by atoms with Crippen molar-refractivity contribution in [3.8, 4) is 0 Å². The molecule has 3 heteroatoms. The number of nitrogens with zero attached hydrogens (tertiary/aromatic N) is 1. The number of hydrogen-bond acceptors (Lipinski definition) is 3. The second kappa shape index (κ2) is 4.98. The average molecular weight is 194 g/mol. The molecule has 1 atom stereocenters. The molecule has 0 spiro atoms. The molecule has 0 amide bonds. The van der Waals surface area contributed by atoms with Gasteiger partial charge in [-0.1, -0.05) is 18.2 Å². The van der Waals surface area contributed by atoms with E-state index in [0.717, 1.165) is 5.69 Å². The molecule has 78 valence electrons. The molecule has 0 aromatic heterocycles. The van der Waals surface area contributed by atoms with Crippen LogP contribution in [0.1, 0.15) is 5.56 Å². The van der Waals surface area contributed by atoms with Gasteiger partial charge < -0.3 is 15.7 Å². The highest BCUT2D eigenvalue weighted by Gasteiger charge is 2.08. The van der Waals surface area contributed by atoms with Crippen molar-refractivity contribution in [1.29, 1.82) is 0 Å². The normalized spacial score (nSPS) is 12.6. The van der Waals surface area contributed by atoms with Gasteiger partial charge in [-0.3, -0.25) is 0 Å². The predicted molar refractivity (Wildman–Crippen MR) is 59.5 cm³/mol. The van der Waals surface area contributed by atoms with Crippen LogP contribution in [0.25, 0.3) is 0 Å². The molecule has 1 aromatic rings. The lowest BCUT2D eigenvalue weighted by molar-refractivity contribution is 0.189. The molecule has 0 bridgehead atoms. The molecule has 0 saturated carbocycles. The second-order valence-corrected chi connectivity index (χ2v) is 3.56. The number of rotatable bonds is 4. The summed E-state index contributed by atoms with van der Waals surface area (Å²) in [5, 5.41) is 9.41. The maximum atomic E-state index is 9.41. The largest absolute Gasteiger partial charge is 0.390 e. The van der Waals surface area contributed by atoms with Gasteiger partial charge in [-0.15, -0.1) is 0 Å². The lowest BCUT2D eigenvalue weighted by atomic mass is 10.2. The minimum Gasteiger partial charge on any atom is -0.390 e. The Morgan fingerprint density at radius 3 is 2.64 bits per heavy atom. The third kappa shape index (κ3) is 2.72. The molecule has 0 fully saturated rings. The van der Waals surface area contributed by atoms with Gasteiger partial charge in [-0.25, -0.2) is 0 Å². The Kier molecular flexibility index (Phi) is 3.92. The fourth-order valence-corrected chi connectivity index (χ4v) is 1.48. The summed E-state index contributed by atoms with van der Waals surface area (Å²) in [4.78, 5) is 2.02.